The SMILES string of the molecule is COC(=O)[C@@H]1CC(SC)(SC)CN1C(=O)[C@@H](NC(=O)OC(C)(C)C)C(C)(C)C. The quantitative estimate of drug-likeness (QED) is 0.526. The molecule has 0 saturated carbocycles. The first-order valence-electron chi connectivity index (χ1n) is 9.18. The molecule has 1 saturated heterocycles. The number of amides is 2. The van der Waals surface area contributed by atoms with Gasteiger partial charge in [0.25, 0.3) is 0 Å². The molecule has 0 aromatic rings. The lowest BCUT2D eigenvalue weighted by atomic mass is 9.85. The molecule has 0 unspecified atom stereocenters. The minimum Gasteiger partial charge on any atom is -0.467 e. The van der Waals surface area contributed by atoms with Crippen LogP contribution in [0, 0.1) is 5.41 Å². The molecule has 7 nitrogen and oxygen atoms in total. The van der Waals surface area contributed by atoms with Crippen molar-refractivity contribution < 1.29 is 23.9 Å². The first-order chi connectivity index (χ1) is 12.7. The maximum atomic E-state index is 13.5. The lowest BCUT2D eigenvalue weighted by Gasteiger charge is -2.35. The fourth-order valence-electron chi connectivity index (χ4n) is 3.04. The van der Waals surface area contributed by atoms with E-state index in [-0.39, 0.29) is 9.99 Å². The Kier molecular flexibility index (Phi) is 8.16. The largest absolute Gasteiger partial charge is 0.467 e. The molecule has 28 heavy (non-hydrogen) atoms. The van der Waals surface area contributed by atoms with E-state index in [1.54, 1.807) is 49.2 Å². The van der Waals surface area contributed by atoms with Gasteiger partial charge in [-0.05, 0) is 38.7 Å². The van der Waals surface area contributed by atoms with E-state index >= 15 is 0 Å². The van der Waals surface area contributed by atoms with Gasteiger partial charge in [0, 0.05) is 13.0 Å². The second-order valence-electron chi connectivity index (χ2n) is 8.97. The molecule has 1 rings (SSSR count). The van der Waals surface area contributed by atoms with E-state index in [9.17, 15) is 14.4 Å². The Morgan fingerprint density at radius 2 is 1.64 bits per heavy atom. The topological polar surface area (TPSA) is 84.9 Å². The average molecular weight is 435 g/mol. The minimum atomic E-state index is -0.839. The van der Waals surface area contributed by atoms with Crippen molar-refractivity contribution in [3.63, 3.8) is 0 Å². The van der Waals surface area contributed by atoms with Gasteiger partial charge in [0.1, 0.15) is 17.7 Å². The summed E-state index contributed by atoms with van der Waals surface area (Å²) < 4.78 is 9.99. The molecule has 1 heterocycles. The van der Waals surface area contributed by atoms with E-state index < -0.39 is 35.2 Å². The van der Waals surface area contributed by atoms with Gasteiger partial charge in [-0.2, -0.15) is 0 Å². The summed E-state index contributed by atoms with van der Waals surface area (Å²) in [7, 11) is 1.32. The smallest absolute Gasteiger partial charge is 0.408 e. The van der Waals surface area contributed by atoms with Crippen LogP contribution in [0.25, 0.3) is 0 Å². The van der Waals surface area contributed by atoms with Gasteiger partial charge in [-0.3, -0.25) is 4.79 Å². The number of rotatable bonds is 5. The predicted molar refractivity (Wildman–Crippen MR) is 115 cm³/mol. The molecule has 0 aliphatic carbocycles. The van der Waals surface area contributed by atoms with E-state index in [0.717, 1.165) is 0 Å². The molecule has 0 aromatic heterocycles. The van der Waals surface area contributed by atoms with Gasteiger partial charge in [-0.15, -0.1) is 23.5 Å². The Morgan fingerprint density at radius 3 is 2.04 bits per heavy atom. The number of hydrogen-bond acceptors (Lipinski definition) is 7. The second kappa shape index (κ2) is 9.15. The van der Waals surface area contributed by atoms with Crippen LogP contribution in [-0.2, 0) is 19.1 Å². The highest BCUT2D eigenvalue weighted by atomic mass is 32.2. The van der Waals surface area contributed by atoms with Crippen molar-refractivity contribution in [1.82, 2.24) is 10.2 Å². The Hall–Kier alpha value is -1.09. The number of alkyl carbamates (subject to hydrolysis) is 1. The number of ether oxygens (including phenoxy) is 2. The summed E-state index contributed by atoms with van der Waals surface area (Å²) in [6, 6.07) is -1.52. The monoisotopic (exact) mass is 434 g/mol. The van der Waals surface area contributed by atoms with Crippen molar-refractivity contribution in [3.05, 3.63) is 0 Å². The molecule has 9 heteroatoms. The van der Waals surface area contributed by atoms with Gasteiger partial charge in [-0.1, -0.05) is 20.8 Å². The van der Waals surface area contributed by atoms with E-state index in [2.05, 4.69) is 5.32 Å². The van der Waals surface area contributed by atoms with E-state index in [1.807, 2.05) is 33.3 Å². The zero-order chi connectivity index (χ0) is 21.9. The van der Waals surface area contributed by atoms with Crippen LogP contribution in [0.5, 0.6) is 0 Å². The number of nitrogens with zero attached hydrogens (tertiary/aromatic N) is 1. The maximum absolute atomic E-state index is 13.5. The molecular weight excluding hydrogens is 400 g/mol. The summed E-state index contributed by atoms with van der Waals surface area (Å²) in [6.45, 7) is 11.3. The average Bonchev–Trinajstić information content (AvgIpc) is 2.96. The van der Waals surface area contributed by atoms with Crippen LogP contribution >= 0.6 is 23.5 Å². The first-order valence-corrected chi connectivity index (χ1v) is 11.6. The Balaban J connectivity index is 3.18. The predicted octanol–water partition coefficient (Wildman–Crippen LogP) is 3.12. The van der Waals surface area contributed by atoms with Crippen LogP contribution in [0.1, 0.15) is 48.0 Å². The van der Waals surface area contributed by atoms with Crippen LogP contribution in [0.15, 0.2) is 0 Å². The third-order valence-electron chi connectivity index (χ3n) is 4.57. The fraction of sp³-hybridized carbons (Fsp3) is 0.842. The number of hydrogen-bond donors (Lipinski definition) is 1. The summed E-state index contributed by atoms with van der Waals surface area (Å²) in [4.78, 5) is 39.7. The molecule has 0 radical (unpaired) electrons. The molecule has 0 bridgehead atoms. The summed E-state index contributed by atoms with van der Waals surface area (Å²) in [6.07, 6.45) is 3.78. The van der Waals surface area contributed by atoms with Crippen molar-refractivity contribution in [2.24, 2.45) is 5.41 Å². The molecule has 2 atom stereocenters. The van der Waals surface area contributed by atoms with Crippen molar-refractivity contribution in [2.75, 3.05) is 26.2 Å². The van der Waals surface area contributed by atoms with Crippen LogP contribution in [0.2, 0.25) is 0 Å². The number of thioether (sulfide) groups is 2. The highest BCUT2D eigenvalue weighted by molar-refractivity contribution is 8.17. The van der Waals surface area contributed by atoms with Crippen molar-refractivity contribution in [3.8, 4) is 0 Å². The number of nitrogens with one attached hydrogen (secondary N) is 1. The molecule has 2 amide bonds. The molecule has 0 aromatic carbocycles. The lowest BCUT2D eigenvalue weighted by molar-refractivity contribution is -0.152. The Labute approximate surface area is 177 Å². The minimum absolute atomic E-state index is 0.289. The lowest BCUT2D eigenvalue weighted by Crippen LogP contribution is -2.57. The van der Waals surface area contributed by atoms with E-state index in [4.69, 9.17) is 9.47 Å². The highest BCUT2D eigenvalue weighted by Crippen LogP contribution is 2.45. The normalized spacial score (nSPS) is 20.5. The maximum Gasteiger partial charge on any atom is 0.408 e. The van der Waals surface area contributed by atoms with Crippen LogP contribution < -0.4 is 5.32 Å². The molecule has 1 aliphatic rings. The van der Waals surface area contributed by atoms with Gasteiger partial charge in [-0.25, -0.2) is 9.59 Å². The summed E-state index contributed by atoms with van der Waals surface area (Å²) in [5.74, 6) is -0.748. The Bertz CT molecular complexity index is 594. The molecule has 1 fully saturated rings. The molecule has 162 valence electrons. The molecule has 0 spiro atoms. The summed E-state index contributed by atoms with van der Waals surface area (Å²) in [5, 5.41) is 2.71. The van der Waals surface area contributed by atoms with Crippen LogP contribution in [0.4, 0.5) is 4.79 Å². The number of methoxy groups -OCH3 is 1. The van der Waals surface area contributed by atoms with Gasteiger partial charge < -0.3 is 19.7 Å². The highest BCUT2D eigenvalue weighted by Gasteiger charge is 2.51. The first kappa shape index (κ1) is 24.9. The van der Waals surface area contributed by atoms with Crippen molar-refractivity contribution in [2.45, 2.75) is 69.7 Å². The number of esters is 1. The Morgan fingerprint density at radius 1 is 1.11 bits per heavy atom. The van der Waals surface area contributed by atoms with Gasteiger partial charge in [0.05, 0.1) is 11.2 Å². The zero-order valence-corrected chi connectivity index (χ0v) is 20.0. The molecule has 1 N–H and O–H groups in total. The van der Waals surface area contributed by atoms with Gasteiger partial charge in [0.2, 0.25) is 5.91 Å². The molecule has 1 aliphatic heterocycles. The van der Waals surface area contributed by atoms with Crippen molar-refractivity contribution in [1.29, 1.82) is 0 Å². The standard InChI is InChI=1S/C19H34N2O5S2/c1-17(2,3)13(20-16(24)26-18(4,5)6)14(22)21-11-19(27-8,28-9)10-12(21)15(23)25-7/h12-13H,10-11H2,1-9H3,(H,20,24)/t12-,13+/m0/s1. The van der Waals surface area contributed by atoms with Gasteiger partial charge in [0.15, 0.2) is 0 Å². The zero-order valence-electron chi connectivity index (χ0n) is 18.4. The third-order valence-corrected chi connectivity index (χ3v) is 7.65. The third kappa shape index (κ3) is 6.20. The van der Waals surface area contributed by atoms with Crippen LogP contribution in [-0.4, -0.2) is 70.8 Å². The summed E-state index contributed by atoms with van der Waals surface area (Å²) >= 11 is 3.25. The van der Waals surface area contributed by atoms with Crippen molar-refractivity contribution >= 4 is 41.5 Å². The number of likely N-dealkylation sites (tertiary alicyclic amines) is 1. The van der Waals surface area contributed by atoms with E-state index in [1.165, 1.54) is 7.11 Å². The second-order valence-corrected chi connectivity index (χ2v) is 11.6. The number of carbonyl (C=O) groups excluding carboxylic acids is 3. The van der Waals surface area contributed by atoms with Gasteiger partial charge >= 0.3 is 12.1 Å². The number of carbonyl (C=O) groups is 3. The van der Waals surface area contributed by atoms with E-state index in [0.29, 0.717) is 13.0 Å². The summed E-state index contributed by atoms with van der Waals surface area (Å²) in [5.41, 5.74) is -1.25. The molecular formula is C19H34N2O5S2. The van der Waals surface area contributed by atoms with Crippen LogP contribution in [0.3, 0.4) is 0 Å². The fourth-order valence-corrected chi connectivity index (χ4v) is 4.89.